The van der Waals surface area contributed by atoms with Gasteiger partial charge in [0, 0.05) is 11.3 Å². The van der Waals surface area contributed by atoms with Gasteiger partial charge in [-0.3, -0.25) is 4.79 Å². The van der Waals surface area contributed by atoms with Crippen LogP contribution in [-0.2, 0) is 16.0 Å². The number of cyclic esters (lactones) is 1. The molecule has 4 nitrogen and oxygen atoms in total. The van der Waals surface area contributed by atoms with Crippen molar-refractivity contribution >= 4 is 29.3 Å². The number of ether oxygens (including phenoxy) is 1. The molecule has 0 radical (unpaired) electrons. The van der Waals surface area contributed by atoms with Crippen LogP contribution < -0.4 is 5.32 Å². The molecule has 0 saturated carbocycles. The normalized spacial score (nSPS) is 16.2. The maximum Gasteiger partial charge on any atom is 0.339 e. The second-order valence-corrected chi connectivity index (χ2v) is 6.98. The summed E-state index contributed by atoms with van der Waals surface area (Å²) in [4.78, 5) is 25.7. The fourth-order valence-corrected chi connectivity index (χ4v) is 3.50. The Labute approximate surface area is 145 Å². The lowest BCUT2D eigenvalue weighted by Gasteiger charge is -2.24. The molecule has 124 valence electrons. The van der Waals surface area contributed by atoms with Crippen LogP contribution in [0.2, 0.25) is 0 Å². The first kappa shape index (κ1) is 16.6. The number of thioether (sulfide) groups is 1. The second kappa shape index (κ2) is 7.09. The van der Waals surface area contributed by atoms with E-state index in [0.29, 0.717) is 12.0 Å². The molecule has 1 heterocycles. The molecule has 3 rings (SSSR count). The number of fused-ring (bicyclic) bond motifs is 1. The molecule has 0 aromatic heterocycles. The van der Waals surface area contributed by atoms with Crippen molar-refractivity contribution in [2.75, 3.05) is 11.1 Å². The van der Waals surface area contributed by atoms with Crippen LogP contribution in [-0.4, -0.2) is 23.7 Å². The highest BCUT2D eigenvalue weighted by atomic mass is 32.2. The van der Waals surface area contributed by atoms with E-state index in [4.69, 9.17) is 4.74 Å². The largest absolute Gasteiger partial charge is 0.448 e. The van der Waals surface area contributed by atoms with E-state index in [1.165, 1.54) is 0 Å². The number of hydrogen-bond donors (Lipinski definition) is 1. The Morgan fingerprint density at radius 3 is 2.88 bits per heavy atom. The minimum atomic E-state index is -0.800. The Morgan fingerprint density at radius 1 is 1.29 bits per heavy atom. The van der Waals surface area contributed by atoms with Crippen LogP contribution in [0.3, 0.4) is 0 Å². The third-order valence-electron chi connectivity index (χ3n) is 3.87. The number of nitrogens with one attached hydrogen (secondary N) is 1. The van der Waals surface area contributed by atoms with Gasteiger partial charge in [-0.1, -0.05) is 36.8 Å². The van der Waals surface area contributed by atoms with E-state index >= 15 is 0 Å². The van der Waals surface area contributed by atoms with Crippen LogP contribution in [0.5, 0.6) is 0 Å². The van der Waals surface area contributed by atoms with Gasteiger partial charge in [-0.05, 0) is 36.4 Å². The van der Waals surface area contributed by atoms with E-state index in [1.807, 2.05) is 43.3 Å². The average Bonchev–Trinajstić information content (AvgIpc) is 2.56. The molecule has 0 fully saturated rings. The van der Waals surface area contributed by atoms with Gasteiger partial charge < -0.3 is 10.1 Å². The van der Waals surface area contributed by atoms with Gasteiger partial charge in [0.25, 0.3) is 5.91 Å². The molecule has 0 aliphatic carbocycles. The summed E-state index contributed by atoms with van der Waals surface area (Å²) in [6.07, 6.45) is -0.399. The van der Waals surface area contributed by atoms with Gasteiger partial charge in [0.1, 0.15) is 0 Å². The standard InChI is InChI=1S/C19H19NO3S/c1-3-24-17-7-5-4-6-15(17)20-18(21)16-11-13-10-12(2)8-9-14(13)19(22)23-16/h4-10,16H,3,11H2,1-2H3,(H,20,21). The summed E-state index contributed by atoms with van der Waals surface area (Å²) >= 11 is 1.66. The van der Waals surface area contributed by atoms with E-state index in [2.05, 4.69) is 12.2 Å². The highest BCUT2D eigenvalue weighted by Crippen LogP contribution is 2.28. The van der Waals surface area contributed by atoms with E-state index < -0.39 is 12.1 Å². The maximum atomic E-state index is 12.6. The number of anilines is 1. The quantitative estimate of drug-likeness (QED) is 0.678. The zero-order valence-electron chi connectivity index (χ0n) is 13.7. The SMILES string of the molecule is CCSc1ccccc1NC(=O)C1Cc2cc(C)ccc2C(=O)O1. The van der Waals surface area contributed by atoms with Crippen molar-refractivity contribution in [2.45, 2.75) is 31.3 Å². The Kier molecular flexibility index (Phi) is 4.90. The summed E-state index contributed by atoms with van der Waals surface area (Å²) in [5.74, 6) is 0.185. The molecule has 1 atom stereocenters. The van der Waals surface area contributed by atoms with Gasteiger partial charge in [-0.15, -0.1) is 11.8 Å². The summed E-state index contributed by atoms with van der Waals surface area (Å²) in [6.45, 7) is 4.03. The number of carbonyl (C=O) groups is 2. The van der Waals surface area contributed by atoms with Crippen LogP contribution in [0.4, 0.5) is 5.69 Å². The summed E-state index contributed by atoms with van der Waals surface area (Å²) in [7, 11) is 0. The first-order valence-electron chi connectivity index (χ1n) is 7.91. The van der Waals surface area contributed by atoms with E-state index in [-0.39, 0.29) is 5.91 Å². The summed E-state index contributed by atoms with van der Waals surface area (Å²) in [5.41, 5.74) is 3.22. The number of para-hydroxylation sites is 1. The number of aryl methyl sites for hydroxylation is 1. The third-order valence-corrected chi connectivity index (χ3v) is 4.83. The van der Waals surface area contributed by atoms with Crippen molar-refractivity contribution in [2.24, 2.45) is 0 Å². The number of esters is 1. The molecule has 0 saturated heterocycles. The molecule has 5 heteroatoms. The minimum Gasteiger partial charge on any atom is -0.448 e. The molecule has 2 aromatic carbocycles. The predicted molar refractivity (Wildman–Crippen MR) is 95.6 cm³/mol. The van der Waals surface area contributed by atoms with Gasteiger partial charge in [0.2, 0.25) is 0 Å². The molecule has 1 N–H and O–H groups in total. The first-order valence-corrected chi connectivity index (χ1v) is 8.90. The molecule has 0 spiro atoms. The topological polar surface area (TPSA) is 55.4 Å². The average molecular weight is 341 g/mol. The summed E-state index contributed by atoms with van der Waals surface area (Å²) in [5, 5.41) is 2.89. The fourth-order valence-electron chi connectivity index (χ4n) is 2.74. The molecule has 2 aromatic rings. The Bertz CT molecular complexity index is 788. The molecular formula is C19H19NO3S. The van der Waals surface area contributed by atoms with Gasteiger partial charge >= 0.3 is 5.97 Å². The smallest absolute Gasteiger partial charge is 0.339 e. The lowest BCUT2D eigenvalue weighted by atomic mass is 9.96. The Hall–Kier alpha value is -2.27. The number of rotatable bonds is 4. The maximum absolute atomic E-state index is 12.6. The molecule has 1 aliphatic heterocycles. The lowest BCUT2D eigenvalue weighted by molar-refractivity contribution is -0.125. The summed E-state index contributed by atoms with van der Waals surface area (Å²) < 4.78 is 5.33. The van der Waals surface area contributed by atoms with Crippen LogP contribution in [0.1, 0.15) is 28.4 Å². The van der Waals surface area contributed by atoms with E-state index in [0.717, 1.165) is 27.5 Å². The highest BCUT2D eigenvalue weighted by Gasteiger charge is 2.31. The van der Waals surface area contributed by atoms with Crippen LogP contribution in [0.25, 0.3) is 0 Å². The molecule has 1 amide bonds. The molecule has 1 aliphatic rings. The lowest BCUT2D eigenvalue weighted by Crippen LogP contribution is -2.38. The summed E-state index contributed by atoms with van der Waals surface area (Å²) in [6, 6.07) is 13.2. The van der Waals surface area contributed by atoms with Crippen LogP contribution in [0, 0.1) is 6.92 Å². The van der Waals surface area contributed by atoms with Crippen LogP contribution >= 0.6 is 11.8 Å². The van der Waals surface area contributed by atoms with Gasteiger partial charge in [-0.2, -0.15) is 0 Å². The van der Waals surface area contributed by atoms with E-state index in [9.17, 15) is 9.59 Å². The van der Waals surface area contributed by atoms with Crippen molar-refractivity contribution in [3.63, 3.8) is 0 Å². The van der Waals surface area contributed by atoms with Gasteiger partial charge in [-0.25, -0.2) is 4.79 Å². The molecule has 1 unspecified atom stereocenters. The number of hydrogen-bond acceptors (Lipinski definition) is 4. The number of benzene rings is 2. The molecular weight excluding hydrogens is 322 g/mol. The Morgan fingerprint density at radius 2 is 2.08 bits per heavy atom. The zero-order chi connectivity index (χ0) is 17.1. The van der Waals surface area contributed by atoms with Crippen LogP contribution in [0.15, 0.2) is 47.4 Å². The van der Waals surface area contributed by atoms with E-state index in [1.54, 1.807) is 17.8 Å². The van der Waals surface area contributed by atoms with Gasteiger partial charge in [0.05, 0.1) is 11.3 Å². The molecule has 0 bridgehead atoms. The third kappa shape index (κ3) is 3.46. The second-order valence-electron chi connectivity index (χ2n) is 5.68. The van der Waals surface area contributed by atoms with Gasteiger partial charge in [0.15, 0.2) is 6.10 Å². The van der Waals surface area contributed by atoms with Crippen molar-refractivity contribution in [3.05, 3.63) is 59.2 Å². The van der Waals surface area contributed by atoms with Crippen molar-refractivity contribution < 1.29 is 14.3 Å². The monoisotopic (exact) mass is 341 g/mol. The number of carbonyl (C=O) groups excluding carboxylic acids is 2. The number of amides is 1. The minimum absolute atomic E-state index is 0.292. The highest BCUT2D eigenvalue weighted by molar-refractivity contribution is 7.99. The van der Waals surface area contributed by atoms with Crippen molar-refractivity contribution in [1.82, 2.24) is 0 Å². The fraction of sp³-hybridized carbons (Fsp3) is 0.263. The zero-order valence-corrected chi connectivity index (χ0v) is 14.5. The molecule has 24 heavy (non-hydrogen) atoms. The first-order chi connectivity index (χ1) is 11.6. The van der Waals surface area contributed by atoms with Crippen molar-refractivity contribution in [3.8, 4) is 0 Å². The van der Waals surface area contributed by atoms with Crippen molar-refractivity contribution in [1.29, 1.82) is 0 Å². The Balaban J connectivity index is 1.78. The predicted octanol–water partition coefficient (Wildman–Crippen LogP) is 3.83.